The third-order valence-corrected chi connectivity index (χ3v) is 5.19. The van der Waals surface area contributed by atoms with Crippen LogP contribution in [0.1, 0.15) is 52.2 Å². The van der Waals surface area contributed by atoms with Gasteiger partial charge in [-0.05, 0) is 55.4 Å². The summed E-state index contributed by atoms with van der Waals surface area (Å²) in [4.78, 5) is 24.4. The fourth-order valence-electron chi connectivity index (χ4n) is 3.34. The molecule has 0 bridgehead atoms. The summed E-state index contributed by atoms with van der Waals surface area (Å²) in [5, 5.41) is 6.01. The summed E-state index contributed by atoms with van der Waals surface area (Å²) in [6.07, 6.45) is 3.09. The molecule has 0 aliphatic heterocycles. The summed E-state index contributed by atoms with van der Waals surface area (Å²) < 4.78 is 0. The number of carbonyl (C=O) groups excluding carboxylic acids is 2. The van der Waals surface area contributed by atoms with Crippen LogP contribution in [0, 0.1) is 12.8 Å². The number of rotatable bonds is 6. The molecule has 0 aromatic heterocycles. The maximum absolute atomic E-state index is 12.4. The number of nitrogens with one attached hydrogen (secondary N) is 2. The van der Waals surface area contributed by atoms with Crippen LogP contribution in [0.5, 0.6) is 0 Å². The summed E-state index contributed by atoms with van der Waals surface area (Å²) in [6.45, 7) is 2.58. The monoisotopic (exact) mass is 348 g/mol. The highest BCUT2D eigenvalue weighted by atomic mass is 16.2. The molecule has 0 radical (unpaired) electrons. The highest BCUT2D eigenvalue weighted by Gasteiger charge is 2.43. The van der Waals surface area contributed by atoms with Crippen LogP contribution < -0.4 is 10.6 Å². The normalized spacial score (nSPS) is 21.1. The van der Waals surface area contributed by atoms with Crippen molar-refractivity contribution in [2.45, 2.75) is 44.7 Å². The van der Waals surface area contributed by atoms with Gasteiger partial charge in [0.25, 0.3) is 5.91 Å². The Kier molecular flexibility index (Phi) is 4.49. The van der Waals surface area contributed by atoms with Gasteiger partial charge in [-0.25, -0.2) is 0 Å². The fraction of sp³-hybridized carbons (Fsp3) is 0.364. The molecule has 2 N–H and O–H groups in total. The SMILES string of the molecule is Cc1cccc([C@H]2C[C@H]2C(=O)NCc2ccc(C(=O)NC3CC3)cc2)c1. The summed E-state index contributed by atoms with van der Waals surface area (Å²) in [5.41, 5.74) is 4.18. The molecule has 2 aliphatic carbocycles. The topological polar surface area (TPSA) is 58.2 Å². The van der Waals surface area contributed by atoms with Gasteiger partial charge >= 0.3 is 0 Å². The largest absolute Gasteiger partial charge is 0.352 e. The predicted octanol–water partition coefficient (Wildman–Crippen LogP) is 3.31. The first-order valence-corrected chi connectivity index (χ1v) is 9.34. The molecule has 26 heavy (non-hydrogen) atoms. The van der Waals surface area contributed by atoms with Crippen molar-refractivity contribution in [2.75, 3.05) is 0 Å². The average Bonchev–Trinajstić information content (AvgIpc) is 3.54. The maximum Gasteiger partial charge on any atom is 0.251 e. The van der Waals surface area contributed by atoms with Gasteiger partial charge in [0.15, 0.2) is 0 Å². The van der Waals surface area contributed by atoms with E-state index >= 15 is 0 Å². The molecule has 2 atom stereocenters. The van der Waals surface area contributed by atoms with E-state index in [0.29, 0.717) is 24.1 Å². The van der Waals surface area contributed by atoms with Crippen molar-refractivity contribution >= 4 is 11.8 Å². The van der Waals surface area contributed by atoms with Crippen LogP contribution in [0.15, 0.2) is 48.5 Å². The lowest BCUT2D eigenvalue weighted by Crippen LogP contribution is -2.26. The van der Waals surface area contributed by atoms with Crippen LogP contribution in [0.25, 0.3) is 0 Å². The van der Waals surface area contributed by atoms with Crippen molar-refractivity contribution in [2.24, 2.45) is 5.92 Å². The molecule has 0 heterocycles. The number of benzene rings is 2. The summed E-state index contributed by atoms with van der Waals surface area (Å²) >= 11 is 0. The molecule has 0 unspecified atom stereocenters. The quantitative estimate of drug-likeness (QED) is 0.841. The van der Waals surface area contributed by atoms with E-state index in [0.717, 1.165) is 24.8 Å². The third kappa shape index (κ3) is 3.96. The lowest BCUT2D eigenvalue weighted by Gasteiger charge is -2.07. The molecule has 2 aromatic carbocycles. The zero-order valence-electron chi connectivity index (χ0n) is 15.0. The Hall–Kier alpha value is -2.62. The van der Waals surface area contributed by atoms with Crippen LogP contribution >= 0.6 is 0 Å². The molecule has 2 aromatic rings. The van der Waals surface area contributed by atoms with E-state index in [2.05, 4.69) is 41.8 Å². The molecule has 4 rings (SSSR count). The lowest BCUT2D eigenvalue weighted by atomic mass is 10.1. The Balaban J connectivity index is 1.27. The van der Waals surface area contributed by atoms with Gasteiger partial charge in [0.1, 0.15) is 0 Å². The van der Waals surface area contributed by atoms with Gasteiger partial charge in [-0.2, -0.15) is 0 Å². The van der Waals surface area contributed by atoms with Gasteiger partial charge in [-0.1, -0.05) is 42.0 Å². The summed E-state index contributed by atoms with van der Waals surface area (Å²) in [6, 6.07) is 16.2. The molecule has 4 nitrogen and oxygen atoms in total. The second-order valence-electron chi connectivity index (χ2n) is 7.53. The van der Waals surface area contributed by atoms with E-state index in [1.165, 1.54) is 11.1 Å². The van der Waals surface area contributed by atoms with Gasteiger partial charge in [-0.3, -0.25) is 9.59 Å². The lowest BCUT2D eigenvalue weighted by molar-refractivity contribution is -0.122. The molecule has 134 valence electrons. The fourth-order valence-corrected chi connectivity index (χ4v) is 3.34. The van der Waals surface area contributed by atoms with Crippen LogP contribution in [0.3, 0.4) is 0 Å². The van der Waals surface area contributed by atoms with Crippen molar-refractivity contribution in [1.82, 2.24) is 10.6 Å². The Morgan fingerprint density at radius 3 is 2.54 bits per heavy atom. The number of aryl methyl sites for hydroxylation is 1. The Morgan fingerprint density at radius 1 is 1.08 bits per heavy atom. The van der Waals surface area contributed by atoms with Crippen molar-refractivity contribution < 1.29 is 9.59 Å². The molecule has 2 fully saturated rings. The van der Waals surface area contributed by atoms with E-state index in [4.69, 9.17) is 0 Å². The minimum atomic E-state index is -0.0120. The van der Waals surface area contributed by atoms with Crippen molar-refractivity contribution in [1.29, 1.82) is 0 Å². The predicted molar refractivity (Wildman–Crippen MR) is 101 cm³/mol. The number of amides is 2. The first-order valence-electron chi connectivity index (χ1n) is 9.34. The minimum Gasteiger partial charge on any atom is -0.352 e. The summed E-state index contributed by atoms with van der Waals surface area (Å²) in [5.74, 6) is 0.540. The second-order valence-corrected chi connectivity index (χ2v) is 7.53. The second kappa shape index (κ2) is 6.94. The highest BCUT2D eigenvalue weighted by Crippen LogP contribution is 2.47. The third-order valence-electron chi connectivity index (χ3n) is 5.19. The first-order chi connectivity index (χ1) is 12.6. The van der Waals surface area contributed by atoms with Crippen LogP contribution in [-0.4, -0.2) is 17.9 Å². The van der Waals surface area contributed by atoms with E-state index in [1.807, 2.05) is 24.3 Å². The van der Waals surface area contributed by atoms with Crippen molar-refractivity contribution in [3.05, 3.63) is 70.8 Å². The Morgan fingerprint density at radius 2 is 1.85 bits per heavy atom. The van der Waals surface area contributed by atoms with Gasteiger partial charge in [0, 0.05) is 24.1 Å². The average molecular weight is 348 g/mol. The summed E-state index contributed by atoms with van der Waals surface area (Å²) in [7, 11) is 0. The van der Waals surface area contributed by atoms with E-state index in [1.54, 1.807) is 0 Å². The van der Waals surface area contributed by atoms with Crippen molar-refractivity contribution in [3.63, 3.8) is 0 Å². The molecular formula is C22H24N2O2. The Bertz CT molecular complexity index is 824. The Labute approximate surface area is 154 Å². The molecule has 0 spiro atoms. The molecule has 2 amide bonds. The van der Waals surface area contributed by atoms with Gasteiger partial charge in [0.2, 0.25) is 5.91 Å². The number of carbonyl (C=O) groups is 2. The highest BCUT2D eigenvalue weighted by molar-refractivity contribution is 5.94. The molecule has 0 saturated heterocycles. The van der Waals surface area contributed by atoms with E-state index in [-0.39, 0.29) is 17.7 Å². The van der Waals surface area contributed by atoms with Gasteiger partial charge in [-0.15, -0.1) is 0 Å². The van der Waals surface area contributed by atoms with Gasteiger partial charge in [0.05, 0.1) is 0 Å². The number of hydrogen-bond donors (Lipinski definition) is 2. The minimum absolute atomic E-state index is 0.0120. The zero-order chi connectivity index (χ0) is 18.1. The maximum atomic E-state index is 12.4. The standard InChI is InChI=1S/C22H24N2O2/c1-14-3-2-4-17(11-14)19-12-20(19)22(26)23-13-15-5-7-16(8-6-15)21(25)24-18-9-10-18/h2-8,11,18-20H,9-10,12-13H2,1H3,(H,23,26)(H,24,25)/t19-,20-/m1/s1. The van der Waals surface area contributed by atoms with E-state index < -0.39 is 0 Å². The molecule has 4 heteroatoms. The van der Waals surface area contributed by atoms with Crippen LogP contribution in [0.4, 0.5) is 0 Å². The first kappa shape index (κ1) is 16.8. The number of hydrogen-bond acceptors (Lipinski definition) is 2. The van der Waals surface area contributed by atoms with Crippen LogP contribution in [-0.2, 0) is 11.3 Å². The van der Waals surface area contributed by atoms with Gasteiger partial charge < -0.3 is 10.6 Å². The zero-order valence-corrected chi connectivity index (χ0v) is 15.0. The van der Waals surface area contributed by atoms with Crippen molar-refractivity contribution in [3.8, 4) is 0 Å². The molecule has 2 aliphatic rings. The van der Waals surface area contributed by atoms with Crippen LogP contribution in [0.2, 0.25) is 0 Å². The van der Waals surface area contributed by atoms with E-state index in [9.17, 15) is 9.59 Å². The molecule has 2 saturated carbocycles. The molecular weight excluding hydrogens is 324 g/mol. The smallest absolute Gasteiger partial charge is 0.251 e.